The van der Waals surface area contributed by atoms with Crippen molar-refractivity contribution in [3.8, 4) is 0 Å². The van der Waals surface area contributed by atoms with Crippen LogP contribution < -0.4 is 5.43 Å². The van der Waals surface area contributed by atoms with Crippen LogP contribution in [-0.2, 0) is 0 Å². The topological polar surface area (TPSA) is 24.4 Å². The highest BCUT2D eigenvalue weighted by Gasteiger charge is 2.18. The minimum Gasteiger partial charge on any atom is -0.272 e. The molecule has 0 radical (unpaired) electrons. The minimum absolute atomic E-state index is 0.105. The Labute approximate surface area is 127 Å². The first-order valence-corrected chi connectivity index (χ1v) is 6.23. The molecule has 0 amide bonds. The summed E-state index contributed by atoms with van der Waals surface area (Å²) in [5.74, 6) is -6.23. The molecule has 0 saturated carbocycles. The van der Waals surface area contributed by atoms with Crippen molar-refractivity contribution in [2.45, 2.75) is 0 Å². The molecule has 2 nitrogen and oxygen atoms in total. The lowest BCUT2D eigenvalue weighted by atomic mass is 10.2. The van der Waals surface area contributed by atoms with Gasteiger partial charge in [-0.2, -0.15) is 5.10 Å². The first kappa shape index (κ1) is 15.6. The fraction of sp³-hybridized carbons (Fsp3) is 0. The van der Waals surface area contributed by atoms with Crippen LogP contribution in [0.1, 0.15) is 5.56 Å². The average molecular weight is 337 g/mol. The van der Waals surface area contributed by atoms with E-state index in [0.717, 1.165) is 6.21 Å². The first-order chi connectivity index (χ1) is 9.91. The third-order valence-electron chi connectivity index (χ3n) is 2.47. The Morgan fingerprint density at radius 1 is 1.00 bits per heavy atom. The van der Waals surface area contributed by atoms with Crippen molar-refractivity contribution in [2.75, 3.05) is 5.43 Å². The molecular weight excluding hydrogens is 331 g/mol. The Morgan fingerprint density at radius 2 is 1.62 bits per heavy atom. The predicted molar refractivity (Wildman–Crippen MR) is 74.0 cm³/mol. The lowest BCUT2D eigenvalue weighted by Crippen LogP contribution is -2.02. The van der Waals surface area contributed by atoms with Crippen LogP contribution in [0.5, 0.6) is 0 Å². The summed E-state index contributed by atoms with van der Waals surface area (Å²) in [5, 5.41) is 3.92. The number of hydrazone groups is 1. The third kappa shape index (κ3) is 3.28. The second kappa shape index (κ2) is 6.32. The molecule has 0 aliphatic carbocycles. The summed E-state index contributed by atoms with van der Waals surface area (Å²) in [5.41, 5.74) is 1.21. The van der Waals surface area contributed by atoms with Gasteiger partial charge in [-0.05, 0) is 6.07 Å². The maximum absolute atomic E-state index is 13.3. The van der Waals surface area contributed by atoms with Gasteiger partial charge >= 0.3 is 0 Å². The Hall–Kier alpha value is -1.79. The van der Waals surface area contributed by atoms with Crippen molar-refractivity contribution >= 4 is 35.1 Å². The van der Waals surface area contributed by atoms with Crippen LogP contribution in [0, 0.1) is 23.3 Å². The molecule has 0 saturated heterocycles. The molecule has 0 aromatic heterocycles. The highest BCUT2D eigenvalue weighted by Crippen LogP contribution is 2.25. The van der Waals surface area contributed by atoms with Crippen LogP contribution in [0.25, 0.3) is 0 Å². The molecule has 1 N–H and O–H groups in total. The number of hydrogen-bond donors (Lipinski definition) is 1. The van der Waals surface area contributed by atoms with Crippen LogP contribution in [0.4, 0.5) is 23.2 Å². The molecule has 2 aromatic rings. The number of halogens is 6. The largest absolute Gasteiger partial charge is 0.272 e. The molecule has 0 unspecified atom stereocenters. The maximum atomic E-state index is 13.3. The molecule has 0 bridgehead atoms. The lowest BCUT2D eigenvalue weighted by Gasteiger charge is -2.06. The van der Waals surface area contributed by atoms with E-state index >= 15 is 0 Å². The smallest absolute Gasteiger partial charge is 0.186 e. The summed E-state index contributed by atoms with van der Waals surface area (Å²) in [7, 11) is 0. The van der Waals surface area contributed by atoms with Crippen molar-refractivity contribution in [2.24, 2.45) is 5.10 Å². The second-order valence-electron chi connectivity index (χ2n) is 3.86. The number of anilines is 1. The molecule has 2 rings (SSSR count). The molecule has 21 heavy (non-hydrogen) atoms. The van der Waals surface area contributed by atoms with Gasteiger partial charge in [-0.1, -0.05) is 35.3 Å². The van der Waals surface area contributed by atoms with E-state index < -0.39 is 29.0 Å². The molecule has 0 aliphatic rings. The minimum atomic E-state index is -1.58. The Morgan fingerprint density at radius 3 is 2.24 bits per heavy atom. The molecule has 0 spiro atoms. The van der Waals surface area contributed by atoms with Crippen LogP contribution >= 0.6 is 23.2 Å². The van der Waals surface area contributed by atoms with Gasteiger partial charge in [0.05, 0.1) is 16.3 Å². The summed E-state index contributed by atoms with van der Waals surface area (Å²) in [4.78, 5) is 0. The zero-order chi connectivity index (χ0) is 15.6. The Kier molecular flexibility index (Phi) is 4.69. The summed E-state index contributed by atoms with van der Waals surface area (Å²) in [6, 6.07) is 4.76. The standard InChI is InChI=1S/C13H6Cl2F4N2/c14-7-3-1-2-6(10(7)15)5-20-21-13-11(18)8(16)4-9(17)12(13)19/h1-5,21H/b20-5+. The maximum Gasteiger partial charge on any atom is 0.186 e. The molecule has 2 aromatic carbocycles. The lowest BCUT2D eigenvalue weighted by molar-refractivity contribution is 0.458. The number of nitrogens with one attached hydrogen (secondary N) is 1. The Balaban J connectivity index is 2.28. The molecular formula is C13H6Cl2F4N2. The molecule has 8 heteroatoms. The van der Waals surface area contributed by atoms with Gasteiger partial charge in [0.1, 0.15) is 5.69 Å². The normalized spacial score (nSPS) is 11.1. The summed E-state index contributed by atoms with van der Waals surface area (Å²) in [6.45, 7) is 0. The van der Waals surface area contributed by atoms with Crippen molar-refractivity contribution in [3.05, 3.63) is 63.1 Å². The Bertz CT molecular complexity index is 694. The number of benzene rings is 2. The van der Waals surface area contributed by atoms with Crippen LogP contribution in [0.2, 0.25) is 10.0 Å². The van der Waals surface area contributed by atoms with Crippen LogP contribution in [0.15, 0.2) is 29.4 Å². The third-order valence-corrected chi connectivity index (χ3v) is 3.31. The number of rotatable bonds is 3. The molecule has 0 heterocycles. The van der Waals surface area contributed by atoms with Crippen LogP contribution in [-0.4, -0.2) is 6.21 Å². The van der Waals surface area contributed by atoms with Gasteiger partial charge in [-0.3, -0.25) is 5.43 Å². The summed E-state index contributed by atoms with van der Waals surface area (Å²) in [6.07, 6.45) is 1.11. The van der Waals surface area contributed by atoms with Gasteiger partial charge in [0.15, 0.2) is 23.3 Å². The van der Waals surface area contributed by atoms with E-state index in [0.29, 0.717) is 5.56 Å². The van der Waals surface area contributed by atoms with E-state index in [4.69, 9.17) is 23.2 Å². The molecule has 0 atom stereocenters. The van der Waals surface area contributed by atoms with E-state index in [1.807, 2.05) is 5.43 Å². The van der Waals surface area contributed by atoms with Crippen molar-refractivity contribution in [1.29, 1.82) is 0 Å². The zero-order valence-corrected chi connectivity index (χ0v) is 11.6. The van der Waals surface area contributed by atoms with Gasteiger partial charge < -0.3 is 0 Å². The fourth-order valence-corrected chi connectivity index (χ4v) is 1.81. The fourth-order valence-electron chi connectivity index (χ4n) is 1.46. The quantitative estimate of drug-likeness (QED) is 0.363. The average Bonchev–Trinajstić information content (AvgIpc) is 2.45. The molecule has 110 valence electrons. The number of hydrogen-bond acceptors (Lipinski definition) is 2. The summed E-state index contributed by atoms with van der Waals surface area (Å²) < 4.78 is 52.6. The van der Waals surface area contributed by atoms with Gasteiger partial charge in [-0.25, -0.2) is 17.6 Å². The number of nitrogens with zero attached hydrogens (tertiary/aromatic N) is 1. The van der Waals surface area contributed by atoms with Crippen molar-refractivity contribution in [3.63, 3.8) is 0 Å². The van der Waals surface area contributed by atoms with E-state index in [1.165, 1.54) is 12.1 Å². The summed E-state index contributed by atoms with van der Waals surface area (Å²) >= 11 is 11.6. The van der Waals surface area contributed by atoms with Gasteiger partial charge in [-0.15, -0.1) is 0 Å². The first-order valence-electron chi connectivity index (χ1n) is 5.48. The zero-order valence-electron chi connectivity index (χ0n) is 10.1. The molecule has 0 fully saturated rings. The predicted octanol–water partition coefficient (Wildman–Crippen LogP) is 5.00. The van der Waals surface area contributed by atoms with E-state index in [-0.39, 0.29) is 16.1 Å². The second-order valence-corrected chi connectivity index (χ2v) is 4.64. The van der Waals surface area contributed by atoms with Crippen LogP contribution in [0.3, 0.4) is 0 Å². The van der Waals surface area contributed by atoms with E-state index in [2.05, 4.69) is 5.10 Å². The monoisotopic (exact) mass is 336 g/mol. The van der Waals surface area contributed by atoms with E-state index in [1.54, 1.807) is 6.07 Å². The highest BCUT2D eigenvalue weighted by atomic mass is 35.5. The van der Waals surface area contributed by atoms with Crippen molar-refractivity contribution in [1.82, 2.24) is 0 Å². The van der Waals surface area contributed by atoms with E-state index in [9.17, 15) is 17.6 Å². The SMILES string of the molecule is Fc1cc(F)c(F)c(N/N=C/c2cccc(Cl)c2Cl)c1F. The van der Waals surface area contributed by atoms with Gasteiger partial charge in [0.25, 0.3) is 0 Å². The van der Waals surface area contributed by atoms with Crippen molar-refractivity contribution < 1.29 is 17.6 Å². The van der Waals surface area contributed by atoms with Gasteiger partial charge in [0, 0.05) is 11.6 Å². The molecule has 0 aliphatic heterocycles. The van der Waals surface area contributed by atoms with Gasteiger partial charge in [0.2, 0.25) is 0 Å². The highest BCUT2D eigenvalue weighted by molar-refractivity contribution is 6.43.